The van der Waals surface area contributed by atoms with Gasteiger partial charge in [-0.25, -0.2) is 0 Å². The van der Waals surface area contributed by atoms with Crippen molar-refractivity contribution in [3.8, 4) is 0 Å². The van der Waals surface area contributed by atoms with Gasteiger partial charge in [-0.15, -0.1) is 0 Å². The van der Waals surface area contributed by atoms with Gasteiger partial charge < -0.3 is 5.73 Å². The summed E-state index contributed by atoms with van der Waals surface area (Å²) in [7, 11) is 0. The lowest BCUT2D eigenvalue weighted by Gasteiger charge is -2.48. The fourth-order valence-corrected chi connectivity index (χ4v) is 3.64. The van der Waals surface area contributed by atoms with E-state index in [9.17, 15) is 0 Å². The minimum atomic E-state index is 0.252. The van der Waals surface area contributed by atoms with Gasteiger partial charge in [-0.1, -0.05) is 34.6 Å². The second-order valence-electron chi connectivity index (χ2n) is 7.29. The van der Waals surface area contributed by atoms with Crippen molar-refractivity contribution in [1.29, 1.82) is 0 Å². The summed E-state index contributed by atoms with van der Waals surface area (Å²) in [5.74, 6) is 2.35. The predicted molar refractivity (Wildman–Crippen MR) is 80.7 cm³/mol. The number of nitrogens with two attached hydrogens (primary N) is 1. The van der Waals surface area contributed by atoms with Gasteiger partial charge in [-0.05, 0) is 56.5 Å². The summed E-state index contributed by atoms with van der Waals surface area (Å²) in [5, 5.41) is 0. The fraction of sp³-hybridized carbons (Fsp3) is 1.00. The van der Waals surface area contributed by atoms with Crippen LogP contribution >= 0.6 is 0 Å². The van der Waals surface area contributed by atoms with Crippen LogP contribution in [0.1, 0.15) is 60.3 Å². The van der Waals surface area contributed by atoms with Crippen molar-refractivity contribution < 1.29 is 0 Å². The van der Waals surface area contributed by atoms with E-state index in [1.54, 1.807) is 0 Å². The van der Waals surface area contributed by atoms with Crippen molar-refractivity contribution in [3.63, 3.8) is 0 Å². The first-order valence-corrected chi connectivity index (χ1v) is 7.84. The highest BCUT2D eigenvalue weighted by molar-refractivity contribution is 4.95. The van der Waals surface area contributed by atoms with E-state index in [2.05, 4.69) is 39.5 Å². The zero-order valence-corrected chi connectivity index (χ0v) is 13.2. The van der Waals surface area contributed by atoms with Gasteiger partial charge in [0.15, 0.2) is 0 Å². The van der Waals surface area contributed by atoms with Crippen molar-refractivity contribution in [1.82, 2.24) is 4.90 Å². The van der Waals surface area contributed by atoms with Crippen LogP contribution in [-0.4, -0.2) is 30.1 Å². The summed E-state index contributed by atoms with van der Waals surface area (Å²) in [5.41, 5.74) is 6.48. The average molecular weight is 254 g/mol. The highest BCUT2D eigenvalue weighted by Crippen LogP contribution is 2.33. The molecule has 18 heavy (non-hydrogen) atoms. The molecule has 1 aliphatic heterocycles. The molecule has 0 spiro atoms. The Balaban J connectivity index is 2.79. The Kier molecular flexibility index (Phi) is 6.13. The van der Waals surface area contributed by atoms with Crippen LogP contribution in [0.15, 0.2) is 0 Å². The summed E-state index contributed by atoms with van der Waals surface area (Å²) >= 11 is 0. The summed E-state index contributed by atoms with van der Waals surface area (Å²) in [6.45, 7) is 15.0. The van der Waals surface area contributed by atoms with Crippen molar-refractivity contribution >= 4 is 0 Å². The third-order valence-electron chi connectivity index (χ3n) is 4.41. The molecule has 0 amide bonds. The summed E-state index contributed by atoms with van der Waals surface area (Å²) in [6, 6.07) is 0. The van der Waals surface area contributed by atoms with Crippen LogP contribution < -0.4 is 5.73 Å². The first-order chi connectivity index (χ1) is 8.39. The van der Waals surface area contributed by atoms with Crippen LogP contribution in [0.3, 0.4) is 0 Å². The number of piperidine rings is 1. The molecular formula is C16H34N2. The molecule has 1 saturated heterocycles. The van der Waals surface area contributed by atoms with Crippen LogP contribution in [-0.2, 0) is 0 Å². The quantitative estimate of drug-likeness (QED) is 0.786. The predicted octanol–water partition coefficient (Wildman–Crippen LogP) is 3.51. The highest BCUT2D eigenvalue weighted by atomic mass is 15.2. The van der Waals surface area contributed by atoms with Crippen LogP contribution in [0, 0.1) is 17.8 Å². The van der Waals surface area contributed by atoms with Gasteiger partial charge >= 0.3 is 0 Å². The lowest BCUT2D eigenvalue weighted by atomic mass is 9.79. The third-order valence-corrected chi connectivity index (χ3v) is 4.41. The van der Waals surface area contributed by atoms with Crippen molar-refractivity contribution in [3.05, 3.63) is 0 Å². The molecule has 0 atom stereocenters. The van der Waals surface area contributed by atoms with Crippen LogP contribution in [0.2, 0.25) is 0 Å². The third kappa shape index (κ3) is 4.24. The zero-order valence-electron chi connectivity index (χ0n) is 13.2. The highest BCUT2D eigenvalue weighted by Gasteiger charge is 2.37. The second kappa shape index (κ2) is 6.91. The van der Waals surface area contributed by atoms with E-state index < -0.39 is 0 Å². The van der Waals surface area contributed by atoms with Gasteiger partial charge in [0.2, 0.25) is 0 Å². The minimum absolute atomic E-state index is 0.252. The maximum Gasteiger partial charge on any atom is 0.0336 e. The summed E-state index contributed by atoms with van der Waals surface area (Å²) in [6.07, 6.45) is 5.18. The van der Waals surface area contributed by atoms with Crippen molar-refractivity contribution in [2.45, 2.75) is 65.8 Å². The molecule has 0 unspecified atom stereocenters. The van der Waals surface area contributed by atoms with Gasteiger partial charge in [-0.3, -0.25) is 4.90 Å². The summed E-state index contributed by atoms with van der Waals surface area (Å²) in [4.78, 5) is 2.72. The normalized spacial score (nSPS) is 20.0. The Morgan fingerprint density at radius 3 is 1.83 bits per heavy atom. The Labute approximate surface area is 114 Å². The molecule has 2 N–H and O–H groups in total. The number of rotatable bonds is 6. The molecule has 108 valence electrons. The molecule has 0 aromatic rings. The van der Waals surface area contributed by atoms with Gasteiger partial charge in [0.25, 0.3) is 0 Å². The number of likely N-dealkylation sites (tertiary alicyclic amines) is 1. The Morgan fingerprint density at radius 2 is 1.50 bits per heavy atom. The molecule has 1 rings (SSSR count). The van der Waals surface area contributed by atoms with Crippen molar-refractivity contribution in [2.24, 2.45) is 23.5 Å². The fourth-order valence-electron chi connectivity index (χ4n) is 3.64. The van der Waals surface area contributed by atoms with Crippen LogP contribution in [0.4, 0.5) is 0 Å². The molecule has 1 heterocycles. The van der Waals surface area contributed by atoms with Gasteiger partial charge in [0.05, 0.1) is 0 Å². The molecular weight excluding hydrogens is 220 g/mol. The van der Waals surface area contributed by atoms with E-state index in [1.165, 1.54) is 38.8 Å². The molecule has 1 fully saturated rings. The zero-order chi connectivity index (χ0) is 13.8. The number of hydrogen-bond acceptors (Lipinski definition) is 2. The monoisotopic (exact) mass is 254 g/mol. The van der Waals surface area contributed by atoms with E-state index >= 15 is 0 Å². The molecule has 0 bridgehead atoms. The number of nitrogens with zero attached hydrogens (tertiary/aromatic N) is 1. The van der Waals surface area contributed by atoms with Gasteiger partial charge in [0, 0.05) is 12.1 Å². The molecule has 0 aromatic carbocycles. The van der Waals surface area contributed by atoms with E-state index in [4.69, 9.17) is 5.73 Å². The molecule has 0 radical (unpaired) electrons. The lowest BCUT2D eigenvalue weighted by molar-refractivity contribution is 0.0259. The van der Waals surface area contributed by atoms with Gasteiger partial charge in [-0.2, -0.15) is 0 Å². The van der Waals surface area contributed by atoms with E-state index in [0.717, 1.165) is 24.3 Å². The Bertz CT molecular complexity index is 217. The molecule has 2 heteroatoms. The minimum Gasteiger partial charge on any atom is -0.329 e. The average Bonchev–Trinajstić information content (AvgIpc) is 2.27. The Hall–Kier alpha value is -0.0800. The molecule has 1 aliphatic rings. The summed E-state index contributed by atoms with van der Waals surface area (Å²) < 4.78 is 0. The van der Waals surface area contributed by atoms with Crippen LogP contribution in [0.25, 0.3) is 0 Å². The second-order valence-corrected chi connectivity index (χ2v) is 7.29. The molecule has 2 nitrogen and oxygen atoms in total. The number of hydrogen-bond donors (Lipinski definition) is 1. The smallest absolute Gasteiger partial charge is 0.0336 e. The molecule has 0 aliphatic carbocycles. The van der Waals surface area contributed by atoms with E-state index in [1.807, 2.05) is 0 Å². The maximum absolute atomic E-state index is 6.23. The SMILES string of the molecule is CC(C)CC(CN)(CC(C)C)N1CCC(C)CC1. The standard InChI is InChI=1S/C16H34N2/c1-13(2)10-16(12-17,11-14(3)4)18-8-6-15(5)7-9-18/h13-15H,6-12,17H2,1-5H3. The molecule has 0 saturated carbocycles. The van der Waals surface area contributed by atoms with E-state index in [-0.39, 0.29) is 5.54 Å². The largest absolute Gasteiger partial charge is 0.329 e. The molecule has 0 aromatic heterocycles. The topological polar surface area (TPSA) is 29.3 Å². The van der Waals surface area contributed by atoms with Gasteiger partial charge in [0.1, 0.15) is 0 Å². The first kappa shape index (κ1) is 16.0. The van der Waals surface area contributed by atoms with Crippen LogP contribution in [0.5, 0.6) is 0 Å². The van der Waals surface area contributed by atoms with E-state index in [0.29, 0.717) is 0 Å². The Morgan fingerprint density at radius 1 is 1.06 bits per heavy atom. The van der Waals surface area contributed by atoms with Crippen molar-refractivity contribution in [2.75, 3.05) is 19.6 Å². The maximum atomic E-state index is 6.23. The lowest BCUT2D eigenvalue weighted by Crippen LogP contribution is -2.57. The first-order valence-electron chi connectivity index (χ1n) is 7.84.